The molecule has 1 fully saturated rings. The molecule has 0 spiro atoms. The summed E-state index contributed by atoms with van der Waals surface area (Å²) in [5, 5.41) is 2.92. The van der Waals surface area contributed by atoms with Gasteiger partial charge in [-0.05, 0) is 55.3 Å². The summed E-state index contributed by atoms with van der Waals surface area (Å²) in [6.45, 7) is 2.01. The molecule has 1 aliphatic heterocycles. The second-order valence-corrected chi connectivity index (χ2v) is 7.82. The highest BCUT2D eigenvalue weighted by Gasteiger charge is 2.48. The minimum Gasteiger partial charge on any atom is -0.497 e. The molecule has 2 atom stereocenters. The third kappa shape index (κ3) is 4.45. The van der Waals surface area contributed by atoms with Crippen molar-refractivity contribution in [3.63, 3.8) is 0 Å². The molecule has 158 valence electrons. The van der Waals surface area contributed by atoms with Gasteiger partial charge in [-0.3, -0.25) is 9.59 Å². The van der Waals surface area contributed by atoms with Crippen LogP contribution in [0.3, 0.4) is 0 Å². The summed E-state index contributed by atoms with van der Waals surface area (Å²) < 4.78 is 5.27. The summed E-state index contributed by atoms with van der Waals surface area (Å²) in [6.07, 6.45) is 0.788. The largest absolute Gasteiger partial charge is 0.497 e. The number of carbonyl (C=O) groups is 2. The maximum Gasteiger partial charge on any atom is 0.233 e. The van der Waals surface area contributed by atoms with E-state index in [1.54, 1.807) is 7.11 Å². The van der Waals surface area contributed by atoms with Crippen LogP contribution in [0.15, 0.2) is 78.9 Å². The molecule has 1 aliphatic rings. The maximum atomic E-state index is 13.0. The second kappa shape index (κ2) is 9.04. The normalized spacial score (nSPS) is 17.7. The number of β-lactam (4-membered cyclic amide) rings is 1. The lowest BCUT2D eigenvalue weighted by atomic mass is 9.79. The summed E-state index contributed by atoms with van der Waals surface area (Å²) in [5.74, 6) is 0.505. The third-order valence-corrected chi connectivity index (χ3v) is 5.72. The second-order valence-electron chi connectivity index (χ2n) is 7.82. The maximum absolute atomic E-state index is 13.0. The number of rotatable bonds is 7. The molecule has 1 saturated heterocycles. The van der Waals surface area contributed by atoms with Gasteiger partial charge in [0.15, 0.2) is 0 Å². The number of benzene rings is 3. The van der Waals surface area contributed by atoms with Gasteiger partial charge in [0.1, 0.15) is 5.75 Å². The number of anilines is 2. The van der Waals surface area contributed by atoms with Crippen LogP contribution in [0.25, 0.3) is 0 Å². The van der Waals surface area contributed by atoms with E-state index in [4.69, 9.17) is 4.74 Å². The summed E-state index contributed by atoms with van der Waals surface area (Å²) in [4.78, 5) is 27.3. The Hall–Kier alpha value is -3.60. The van der Waals surface area contributed by atoms with Crippen LogP contribution >= 0.6 is 0 Å². The Bertz CT molecular complexity index is 1050. The average molecular weight is 415 g/mol. The van der Waals surface area contributed by atoms with Crippen molar-refractivity contribution in [1.29, 1.82) is 0 Å². The smallest absolute Gasteiger partial charge is 0.233 e. The van der Waals surface area contributed by atoms with Crippen LogP contribution in [-0.2, 0) is 9.59 Å². The van der Waals surface area contributed by atoms with Gasteiger partial charge in [0.2, 0.25) is 11.8 Å². The number of nitrogens with zero attached hydrogens (tertiary/aromatic N) is 1. The Morgan fingerprint density at radius 1 is 0.968 bits per heavy atom. The van der Waals surface area contributed by atoms with Crippen LogP contribution < -0.4 is 15.0 Å². The molecule has 0 aromatic heterocycles. The van der Waals surface area contributed by atoms with Gasteiger partial charge < -0.3 is 15.0 Å². The van der Waals surface area contributed by atoms with E-state index in [9.17, 15) is 9.59 Å². The number of methoxy groups -OCH3 is 1. The van der Waals surface area contributed by atoms with E-state index in [-0.39, 0.29) is 23.8 Å². The van der Waals surface area contributed by atoms with E-state index >= 15 is 0 Å². The number of aryl methyl sites for hydroxylation is 1. The molecule has 2 amide bonds. The van der Waals surface area contributed by atoms with Gasteiger partial charge in [0.25, 0.3) is 0 Å². The van der Waals surface area contributed by atoms with Crippen LogP contribution in [-0.4, -0.2) is 18.9 Å². The number of hydrogen-bond donors (Lipinski definition) is 1. The van der Waals surface area contributed by atoms with Crippen LogP contribution in [0.2, 0.25) is 0 Å². The Morgan fingerprint density at radius 2 is 1.65 bits per heavy atom. The van der Waals surface area contributed by atoms with Crippen molar-refractivity contribution in [3.05, 3.63) is 90.0 Å². The highest BCUT2D eigenvalue weighted by molar-refractivity contribution is 6.03. The van der Waals surface area contributed by atoms with Gasteiger partial charge in [-0.25, -0.2) is 0 Å². The van der Waals surface area contributed by atoms with Gasteiger partial charge in [0.05, 0.1) is 19.1 Å². The van der Waals surface area contributed by atoms with Gasteiger partial charge in [-0.15, -0.1) is 0 Å². The molecule has 3 aromatic carbocycles. The fourth-order valence-electron chi connectivity index (χ4n) is 4.04. The fraction of sp³-hybridized carbons (Fsp3) is 0.231. The van der Waals surface area contributed by atoms with E-state index in [1.165, 1.54) is 0 Å². The first kappa shape index (κ1) is 20.7. The van der Waals surface area contributed by atoms with E-state index in [1.807, 2.05) is 90.7 Å². The van der Waals surface area contributed by atoms with E-state index in [2.05, 4.69) is 5.32 Å². The first-order valence-corrected chi connectivity index (χ1v) is 10.5. The van der Waals surface area contributed by atoms with Gasteiger partial charge in [-0.2, -0.15) is 0 Å². The third-order valence-electron chi connectivity index (χ3n) is 5.72. The number of ether oxygens (including phenoxy) is 1. The molecule has 0 aliphatic carbocycles. The molecule has 5 nitrogen and oxygen atoms in total. The minimum atomic E-state index is -0.239. The summed E-state index contributed by atoms with van der Waals surface area (Å²) in [7, 11) is 1.63. The molecule has 0 radical (unpaired) electrons. The monoisotopic (exact) mass is 414 g/mol. The number of hydrogen-bond acceptors (Lipinski definition) is 3. The van der Waals surface area contributed by atoms with Crippen LogP contribution in [0, 0.1) is 12.8 Å². The highest BCUT2D eigenvalue weighted by Crippen LogP contribution is 2.45. The standard InChI is InChI=1S/C26H26N2O3/c1-18-8-12-20(13-9-18)27-24(29)17-16-23-25(19-10-14-22(31-2)15-11-19)28(26(23)30)21-6-4-3-5-7-21/h3-15,23,25H,16-17H2,1-2H3,(H,27,29)/t23-,25-/m1/s1. The van der Waals surface area contributed by atoms with Crippen LogP contribution in [0.4, 0.5) is 11.4 Å². The molecule has 5 heteroatoms. The highest BCUT2D eigenvalue weighted by atomic mass is 16.5. The molecule has 1 N–H and O–H groups in total. The SMILES string of the molecule is COc1ccc([C@@H]2[C@@H](CCC(=O)Nc3ccc(C)cc3)C(=O)N2c2ccccc2)cc1. The molecule has 1 heterocycles. The summed E-state index contributed by atoms with van der Waals surface area (Å²) in [5.41, 5.74) is 3.82. The summed E-state index contributed by atoms with van der Waals surface area (Å²) in [6, 6.07) is 25.1. The lowest BCUT2D eigenvalue weighted by Gasteiger charge is -2.47. The predicted molar refractivity (Wildman–Crippen MR) is 122 cm³/mol. The first-order chi connectivity index (χ1) is 15.1. The number of carbonyl (C=O) groups excluding carboxylic acids is 2. The molecule has 3 aromatic rings. The van der Waals surface area contributed by atoms with E-state index in [0.29, 0.717) is 12.8 Å². The molecule has 4 rings (SSSR count). The van der Waals surface area contributed by atoms with Crippen molar-refractivity contribution in [2.75, 3.05) is 17.3 Å². The van der Waals surface area contributed by atoms with Crippen molar-refractivity contribution in [2.24, 2.45) is 5.92 Å². The van der Waals surface area contributed by atoms with Crippen molar-refractivity contribution in [2.45, 2.75) is 25.8 Å². The molecular weight excluding hydrogens is 388 g/mol. The minimum absolute atomic E-state index is 0.0511. The molecule has 0 unspecified atom stereocenters. The molecule has 31 heavy (non-hydrogen) atoms. The Morgan fingerprint density at radius 3 is 2.29 bits per heavy atom. The molecular formula is C26H26N2O3. The number of amides is 2. The van der Waals surface area contributed by atoms with Crippen molar-refractivity contribution < 1.29 is 14.3 Å². The Balaban J connectivity index is 1.49. The van der Waals surface area contributed by atoms with Crippen LogP contribution in [0.1, 0.15) is 30.0 Å². The van der Waals surface area contributed by atoms with Gasteiger partial charge in [-0.1, -0.05) is 48.0 Å². The Labute approximate surface area is 182 Å². The van der Waals surface area contributed by atoms with Crippen molar-refractivity contribution in [1.82, 2.24) is 0 Å². The van der Waals surface area contributed by atoms with E-state index in [0.717, 1.165) is 28.3 Å². The van der Waals surface area contributed by atoms with Crippen LogP contribution in [0.5, 0.6) is 5.75 Å². The predicted octanol–water partition coefficient (Wildman–Crippen LogP) is 5.13. The zero-order chi connectivity index (χ0) is 21.8. The van der Waals surface area contributed by atoms with Gasteiger partial charge >= 0.3 is 0 Å². The van der Waals surface area contributed by atoms with Crippen molar-refractivity contribution >= 4 is 23.2 Å². The summed E-state index contributed by atoms with van der Waals surface area (Å²) >= 11 is 0. The lowest BCUT2D eigenvalue weighted by Crippen LogP contribution is -2.55. The quantitative estimate of drug-likeness (QED) is 0.546. The zero-order valence-corrected chi connectivity index (χ0v) is 17.7. The zero-order valence-electron chi connectivity index (χ0n) is 17.7. The fourth-order valence-corrected chi connectivity index (χ4v) is 4.04. The molecule has 0 saturated carbocycles. The average Bonchev–Trinajstić information content (AvgIpc) is 2.80. The number of para-hydroxylation sites is 1. The molecule has 0 bridgehead atoms. The lowest BCUT2D eigenvalue weighted by molar-refractivity contribution is -0.131. The first-order valence-electron chi connectivity index (χ1n) is 10.5. The topological polar surface area (TPSA) is 58.6 Å². The van der Waals surface area contributed by atoms with Crippen molar-refractivity contribution in [3.8, 4) is 5.75 Å². The van der Waals surface area contributed by atoms with Gasteiger partial charge in [0, 0.05) is 17.8 Å². The number of nitrogens with one attached hydrogen (secondary N) is 1. The Kier molecular flexibility index (Phi) is 6.03. The van der Waals surface area contributed by atoms with E-state index < -0.39 is 0 Å².